The minimum Gasteiger partial charge on any atom is -0.358 e. The Kier molecular flexibility index (Phi) is 3.37. The van der Waals surface area contributed by atoms with Gasteiger partial charge in [0.1, 0.15) is 11.0 Å². The summed E-state index contributed by atoms with van der Waals surface area (Å²) in [7, 11) is 0. The second-order valence-electron chi connectivity index (χ2n) is 5.78. The highest BCUT2D eigenvalue weighted by Gasteiger charge is 2.19. The van der Waals surface area contributed by atoms with E-state index in [1.165, 1.54) is 5.69 Å². The van der Waals surface area contributed by atoms with E-state index in [9.17, 15) is 0 Å². The summed E-state index contributed by atoms with van der Waals surface area (Å²) >= 11 is 0. The molecule has 4 nitrogen and oxygen atoms in total. The van der Waals surface area contributed by atoms with E-state index in [1.54, 1.807) is 0 Å². The molecule has 98 valence electrons. The van der Waals surface area contributed by atoms with E-state index in [0.717, 1.165) is 22.6 Å². The highest BCUT2D eigenvalue weighted by Crippen LogP contribution is 2.29. The third-order valence-corrected chi connectivity index (χ3v) is 3.15. The van der Waals surface area contributed by atoms with Crippen molar-refractivity contribution in [1.82, 2.24) is 20.2 Å². The number of hydrogen-bond acceptors (Lipinski definition) is 3. The van der Waals surface area contributed by atoms with Crippen molar-refractivity contribution in [1.29, 1.82) is 0 Å². The molecule has 0 fully saturated rings. The maximum absolute atomic E-state index is 4.69. The van der Waals surface area contributed by atoms with Crippen molar-refractivity contribution in [3.8, 4) is 0 Å². The van der Waals surface area contributed by atoms with Gasteiger partial charge in [0.2, 0.25) is 0 Å². The Bertz CT molecular complexity index is 552. The summed E-state index contributed by atoms with van der Waals surface area (Å²) in [6.07, 6.45) is 0. The average Bonchev–Trinajstić information content (AvgIpc) is 2.67. The van der Waals surface area contributed by atoms with E-state index in [-0.39, 0.29) is 0 Å². The summed E-state index contributed by atoms with van der Waals surface area (Å²) in [6.45, 7) is 12.8. The SMILES string of the molecule is CC(C)c1nnc2c(C(C)C)[nH]c(C(C)C)c2n1. The molecule has 0 spiro atoms. The molecule has 1 N–H and O–H groups in total. The zero-order valence-electron chi connectivity index (χ0n) is 12.1. The van der Waals surface area contributed by atoms with Crippen LogP contribution in [0.25, 0.3) is 11.0 Å². The van der Waals surface area contributed by atoms with Gasteiger partial charge in [0.25, 0.3) is 0 Å². The van der Waals surface area contributed by atoms with Gasteiger partial charge in [0.05, 0.1) is 0 Å². The van der Waals surface area contributed by atoms with Crippen LogP contribution < -0.4 is 0 Å². The summed E-state index contributed by atoms with van der Waals surface area (Å²) in [5.41, 5.74) is 4.24. The molecular formula is C14H22N4. The first-order chi connectivity index (χ1) is 8.41. The fraction of sp³-hybridized carbons (Fsp3) is 0.643. The summed E-state index contributed by atoms with van der Waals surface area (Å²) in [4.78, 5) is 8.18. The Hall–Kier alpha value is -1.45. The summed E-state index contributed by atoms with van der Waals surface area (Å²) in [6, 6.07) is 0. The number of hydrogen-bond donors (Lipinski definition) is 1. The van der Waals surface area contributed by atoms with Gasteiger partial charge in [-0.05, 0) is 11.8 Å². The summed E-state index contributed by atoms with van der Waals surface area (Å²) in [5, 5.41) is 8.62. The lowest BCUT2D eigenvalue weighted by molar-refractivity contribution is 0.747. The first kappa shape index (κ1) is 13.0. The number of fused-ring (bicyclic) bond motifs is 1. The van der Waals surface area contributed by atoms with Crippen molar-refractivity contribution >= 4 is 11.0 Å². The maximum Gasteiger partial charge on any atom is 0.154 e. The van der Waals surface area contributed by atoms with Crippen molar-refractivity contribution in [3.63, 3.8) is 0 Å². The Morgan fingerprint density at radius 1 is 0.722 bits per heavy atom. The van der Waals surface area contributed by atoms with Gasteiger partial charge in [-0.1, -0.05) is 41.5 Å². The number of rotatable bonds is 3. The predicted octanol–water partition coefficient (Wildman–Crippen LogP) is 3.72. The second kappa shape index (κ2) is 4.67. The van der Waals surface area contributed by atoms with Crippen LogP contribution in [0.5, 0.6) is 0 Å². The molecule has 0 aliphatic carbocycles. The third kappa shape index (κ3) is 2.11. The van der Waals surface area contributed by atoms with Crippen LogP contribution in [0.2, 0.25) is 0 Å². The Labute approximate surface area is 108 Å². The quantitative estimate of drug-likeness (QED) is 0.898. The first-order valence-electron chi connectivity index (χ1n) is 6.67. The van der Waals surface area contributed by atoms with E-state index in [0.29, 0.717) is 17.8 Å². The lowest BCUT2D eigenvalue weighted by Gasteiger charge is -2.04. The van der Waals surface area contributed by atoms with Crippen molar-refractivity contribution in [2.45, 2.75) is 59.3 Å². The smallest absolute Gasteiger partial charge is 0.154 e. The van der Waals surface area contributed by atoms with Crippen molar-refractivity contribution < 1.29 is 0 Å². The minimum atomic E-state index is 0.305. The molecule has 2 heterocycles. The number of aromatic amines is 1. The van der Waals surface area contributed by atoms with E-state index in [4.69, 9.17) is 4.98 Å². The maximum atomic E-state index is 4.69. The van der Waals surface area contributed by atoms with Gasteiger partial charge in [-0.3, -0.25) is 0 Å². The van der Waals surface area contributed by atoms with E-state index in [2.05, 4.69) is 56.7 Å². The van der Waals surface area contributed by atoms with Gasteiger partial charge >= 0.3 is 0 Å². The Morgan fingerprint density at radius 2 is 1.28 bits per heavy atom. The normalized spacial score (nSPS) is 12.3. The van der Waals surface area contributed by atoms with Gasteiger partial charge in [0, 0.05) is 17.3 Å². The molecule has 2 rings (SSSR count). The lowest BCUT2D eigenvalue weighted by Crippen LogP contribution is -2.01. The zero-order chi connectivity index (χ0) is 13.4. The highest BCUT2D eigenvalue weighted by atomic mass is 15.2. The summed E-state index contributed by atoms with van der Waals surface area (Å²) < 4.78 is 0. The van der Waals surface area contributed by atoms with E-state index < -0.39 is 0 Å². The van der Waals surface area contributed by atoms with Crippen LogP contribution in [0.3, 0.4) is 0 Å². The van der Waals surface area contributed by atoms with Crippen LogP contribution in [0.15, 0.2) is 0 Å². The lowest BCUT2D eigenvalue weighted by atomic mass is 10.1. The van der Waals surface area contributed by atoms with Gasteiger partial charge in [-0.25, -0.2) is 4.98 Å². The molecule has 0 bridgehead atoms. The van der Waals surface area contributed by atoms with Gasteiger partial charge in [-0.2, -0.15) is 0 Å². The van der Waals surface area contributed by atoms with E-state index in [1.807, 2.05) is 0 Å². The standard InChI is InChI=1S/C14H22N4/c1-7(2)10-12-13(11(15-10)8(3)4)17-18-14(16-12)9(5)6/h7-9,15H,1-6H3. The van der Waals surface area contributed by atoms with Crippen LogP contribution in [-0.2, 0) is 0 Å². The summed E-state index contributed by atoms with van der Waals surface area (Å²) in [5.74, 6) is 1.94. The topological polar surface area (TPSA) is 54.5 Å². The number of aromatic nitrogens is 4. The van der Waals surface area contributed by atoms with Crippen LogP contribution in [0, 0.1) is 0 Å². The minimum absolute atomic E-state index is 0.305. The molecule has 2 aromatic rings. The van der Waals surface area contributed by atoms with Crippen molar-refractivity contribution in [2.24, 2.45) is 0 Å². The van der Waals surface area contributed by atoms with Crippen LogP contribution in [0.4, 0.5) is 0 Å². The molecule has 0 aliphatic rings. The largest absolute Gasteiger partial charge is 0.358 e. The molecular weight excluding hydrogens is 224 g/mol. The molecule has 0 aromatic carbocycles. The monoisotopic (exact) mass is 246 g/mol. The Morgan fingerprint density at radius 3 is 1.78 bits per heavy atom. The van der Waals surface area contributed by atoms with Crippen molar-refractivity contribution in [2.75, 3.05) is 0 Å². The van der Waals surface area contributed by atoms with Gasteiger partial charge in [-0.15, -0.1) is 10.2 Å². The fourth-order valence-corrected chi connectivity index (χ4v) is 2.05. The van der Waals surface area contributed by atoms with Crippen LogP contribution >= 0.6 is 0 Å². The van der Waals surface area contributed by atoms with E-state index >= 15 is 0 Å². The molecule has 0 saturated heterocycles. The van der Waals surface area contributed by atoms with Crippen LogP contribution in [0.1, 0.15) is 76.5 Å². The second-order valence-corrected chi connectivity index (χ2v) is 5.78. The highest BCUT2D eigenvalue weighted by molar-refractivity contribution is 5.81. The number of H-pyrrole nitrogens is 1. The number of nitrogens with one attached hydrogen (secondary N) is 1. The zero-order valence-corrected chi connectivity index (χ0v) is 12.1. The van der Waals surface area contributed by atoms with Gasteiger partial charge < -0.3 is 4.98 Å². The molecule has 2 aromatic heterocycles. The van der Waals surface area contributed by atoms with Gasteiger partial charge in [0.15, 0.2) is 5.82 Å². The third-order valence-electron chi connectivity index (χ3n) is 3.15. The fourth-order valence-electron chi connectivity index (χ4n) is 2.05. The Balaban J connectivity index is 2.71. The first-order valence-corrected chi connectivity index (χ1v) is 6.67. The van der Waals surface area contributed by atoms with Crippen molar-refractivity contribution in [3.05, 3.63) is 17.2 Å². The molecule has 0 unspecified atom stereocenters. The molecule has 4 heteroatoms. The number of nitrogens with zero attached hydrogens (tertiary/aromatic N) is 3. The van der Waals surface area contributed by atoms with Crippen LogP contribution in [-0.4, -0.2) is 20.2 Å². The molecule has 0 atom stereocenters. The molecule has 0 aliphatic heterocycles. The predicted molar refractivity (Wildman–Crippen MR) is 74.0 cm³/mol. The average molecular weight is 246 g/mol. The molecule has 18 heavy (non-hydrogen) atoms. The molecule has 0 saturated carbocycles. The molecule has 0 amide bonds. The molecule has 0 radical (unpaired) electrons.